The van der Waals surface area contributed by atoms with Crippen molar-refractivity contribution in [2.24, 2.45) is 11.8 Å². The smallest absolute Gasteiger partial charge is 0.0576 e. The Labute approximate surface area is 107 Å². The van der Waals surface area contributed by atoms with Gasteiger partial charge in [0.1, 0.15) is 0 Å². The van der Waals surface area contributed by atoms with Crippen molar-refractivity contribution in [1.82, 2.24) is 0 Å². The lowest BCUT2D eigenvalue weighted by Crippen LogP contribution is -2.16. The van der Waals surface area contributed by atoms with Crippen LogP contribution in [0.25, 0.3) is 0 Å². The lowest BCUT2D eigenvalue weighted by Gasteiger charge is -2.20. The summed E-state index contributed by atoms with van der Waals surface area (Å²) in [6, 6.07) is 0. The lowest BCUT2D eigenvalue weighted by atomic mass is 9.92. The topological polar surface area (TPSA) is 18.5 Å². The summed E-state index contributed by atoms with van der Waals surface area (Å²) in [5.41, 5.74) is 0. The van der Waals surface area contributed by atoms with Gasteiger partial charge in [0.15, 0.2) is 0 Å². The SMILES string of the molecule is CCCC(COCCCC1CCCO1)C(C)C. The van der Waals surface area contributed by atoms with Gasteiger partial charge in [-0.25, -0.2) is 0 Å². The quantitative estimate of drug-likeness (QED) is 0.568. The molecule has 2 nitrogen and oxygen atoms in total. The molecule has 2 unspecified atom stereocenters. The first kappa shape index (κ1) is 15.0. The van der Waals surface area contributed by atoms with Crippen LogP contribution in [0, 0.1) is 11.8 Å². The Balaban J connectivity index is 1.97. The Morgan fingerprint density at radius 2 is 2.18 bits per heavy atom. The Morgan fingerprint density at radius 3 is 2.76 bits per heavy atom. The van der Waals surface area contributed by atoms with Gasteiger partial charge in [0.05, 0.1) is 6.10 Å². The summed E-state index contributed by atoms with van der Waals surface area (Å²) in [5.74, 6) is 1.48. The summed E-state index contributed by atoms with van der Waals surface area (Å²) < 4.78 is 11.4. The van der Waals surface area contributed by atoms with Gasteiger partial charge in [-0.15, -0.1) is 0 Å². The molecule has 0 N–H and O–H groups in total. The maximum absolute atomic E-state index is 5.81. The minimum Gasteiger partial charge on any atom is -0.381 e. The summed E-state index contributed by atoms with van der Waals surface area (Å²) in [6.07, 6.45) is 7.92. The second kappa shape index (κ2) is 8.93. The largest absolute Gasteiger partial charge is 0.381 e. The Kier molecular flexibility index (Phi) is 7.87. The number of rotatable bonds is 9. The van der Waals surface area contributed by atoms with E-state index in [4.69, 9.17) is 9.47 Å². The fourth-order valence-corrected chi connectivity index (χ4v) is 2.50. The molecule has 0 amide bonds. The highest BCUT2D eigenvalue weighted by atomic mass is 16.5. The zero-order valence-corrected chi connectivity index (χ0v) is 11.9. The normalized spacial score (nSPS) is 22.2. The molecular formula is C15H30O2. The minimum absolute atomic E-state index is 0.523. The molecule has 17 heavy (non-hydrogen) atoms. The van der Waals surface area contributed by atoms with Crippen LogP contribution in [-0.4, -0.2) is 25.9 Å². The molecule has 0 bridgehead atoms. The summed E-state index contributed by atoms with van der Waals surface area (Å²) in [5, 5.41) is 0. The minimum atomic E-state index is 0.523. The summed E-state index contributed by atoms with van der Waals surface area (Å²) in [6.45, 7) is 9.68. The van der Waals surface area contributed by atoms with Crippen molar-refractivity contribution in [3.63, 3.8) is 0 Å². The monoisotopic (exact) mass is 242 g/mol. The molecule has 0 aromatic rings. The lowest BCUT2D eigenvalue weighted by molar-refractivity contribution is 0.0592. The van der Waals surface area contributed by atoms with Gasteiger partial charge in [0.25, 0.3) is 0 Å². The van der Waals surface area contributed by atoms with Crippen molar-refractivity contribution < 1.29 is 9.47 Å². The molecule has 1 saturated heterocycles. The number of hydrogen-bond acceptors (Lipinski definition) is 2. The van der Waals surface area contributed by atoms with Crippen molar-refractivity contribution in [1.29, 1.82) is 0 Å². The molecule has 1 aliphatic heterocycles. The zero-order chi connectivity index (χ0) is 12.5. The molecule has 0 spiro atoms. The molecule has 0 radical (unpaired) electrons. The van der Waals surface area contributed by atoms with Crippen molar-refractivity contribution in [2.75, 3.05) is 19.8 Å². The molecule has 102 valence electrons. The fraction of sp³-hybridized carbons (Fsp3) is 1.00. The van der Waals surface area contributed by atoms with E-state index in [-0.39, 0.29) is 0 Å². The van der Waals surface area contributed by atoms with Gasteiger partial charge in [-0.3, -0.25) is 0 Å². The van der Waals surface area contributed by atoms with Crippen LogP contribution in [0.3, 0.4) is 0 Å². The molecule has 0 aromatic heterocycles. The van der Waals surface area contributed by atoms with Crippen LogP contribution in [0.15, 0.2) is 0 Å². The highest BCUT2D eigenvalue weighted by Gasteiger charge is 2.15. The second-order valence-electron chi connectivity index (χ2n) is 5.64. The molecular weight excluding hydrogens is 212 g/mol. The second-order valence-corrected chi connectivity index (χ2v) is 5.64. The molecule has 2 atom stereocenters. The molecule has 0 saturated carbocycles. The van der Waals surface area contributed by atoms with Gasteiger partial charge in [-0.2, -0.15) is 0 Å². The van der Waals surface area contributed by atoms with Gasteiger partial charge in [0.2, 0.25) is 0 Å². The van der Waals surface area contributed by atoms with Crippen LogP contribution in [0.2, 0.25) is 0 Å². The Morgan fingerprint density at radius 1 is 1.35 bits per heavy atom. The van der Waals surface area contributed by atoms with Gasteiger partial charge in [-0.1, -0.05) is 27.2 Å². The molecule has 1 heterocycles. The standard InChI is InChI=1S/C15H30O2/c1-4-7-14(13(2)3)12-16-10-5-8-15-9-6-11-17-15/h13-15H,4-12H2,1-3H3. The van der Waals surface area contributed by atoms with Crippen molar-refractivity contribution in [2.45, 2.75) is 65.4 Å². The van der Waals surface area contributed by atoms with Crippen LogP contribution in [0.1, 0.15) is 59.3 Å². The molecule has 0 aliphatic carbocycles. The van der Waals surface area contributed by atoms with Gasteiger partial charge in [0, 0.05) is 19.8 Å². The predicted molar refractivity (Wildman–Crippen MR) is 72.3 cm³/mol. The third kappa shape index (κ3) is 6.42. The van der Waals surface area contributed by atoms with Gasteiger partial charge >= 0.3 is 0 Å². The molecule has 1 fully saturated rings. The first-order valence-electron chi connectivity index (χ1n) is 7.43. The average molecular weight is 242 g/mol. The summed E-state index contributed by atoms with van der Waals surface area (Å²) in [4.78, 5) is 0. The van der Waals surface area contributed by atoms with E-state index in [0.717, 1.165) is 38.1 Å². The average Bonchev–Trinajstić information content (AvgIpc) is 2.80. The van der Waals surface area contributed by atoms with Crippen molar-refractivity contribution in [3.05, 3.63) is 0 Å². The van der Waals surface area contributed by atoms with Crippen LogP contribution in [0.4, 0.5) is 0 Å². The fourth-order valence-electron chi connectivity index (χ4n) is 2.50. The number of ether oxygens (including phenoxy) is 2. The van der Waals surface area contributed by atoms with Crippen LogP contribution < -0.4 is 0 Å². The molecule has 1 aliphatic rings. The highest BCUT2D eigenvalue weighted by molar-refractivity contribution is 4.65. The van der Waals surface area contributed by atoms with E-state index in [1.54, 1.807) is 0 Å². The maximum atomic E-state index is 5.81. The van der Waals surface area contributed by atoms with E-state index in [2.05, 4.69) is 20.8 Å². The van der Waals surface area contributed by atoms with E-state index in [1.165, 1.54) is 32.1 Å². The van der Waals surface area contributed by atoms with Crippen LogP contribution in [0.5, 0.6) is 0 Å². The molecule has 0 aromatic carbocycles. The summed E-state index contributed by atoms with van der Waals surface area (Å²) >= 11 is 0. The zero-order valence-electron chi connectivity index (χ0n) is 11.9. The first-order valence-corrected chi connectivity index (χ1v) is 7.43. The van der Waals surface area contributed by atoms with Crippen molar-refractivity contribution >= 4 is 0 Å². The highest BCUT2D eigenvalue weighted by Crippen LogP contribution is 2.19. The van der Waals surface area contributed by atoms with Crippen LogP contribution >= 0.6 is 0 Å². The Hall–Kier alpha value is -0.0800. The predicted octanol–water partition coefficient (Wildman–Crippen LogP) is 4.03. The van der Waals surface area contributed by atoms with Gasteiger partial charge in [-0.05, 0) is 43.9 Å². The number of hydrogen-bond donors (Lipinski definition) is 0. The van der Waals surface area contributed by atoms with E-state index >= 15 is 0 Å². The Bertz CT molecular complexity index is 174. The summed E-state index contributed by atoms with van der Waals surface area (Å²) in [7, 11) is 0. The van der Waals surface area contributed by atoms with E-state index in [0.29, 0.717) is 6.10 Å². The third-order valence-corrected chi connectivity index (χ3v) is 3.77. The molecule has 2 heteroatoms. The first-order chi connectivity index (χ1) is 8.24. The molecule has 1 rings (SSSR count). The van der Waals surface area contributed by atoms with Gasteiger partial charge < -0.3 is 9.47 Å². The van der Waals surface area contributed by atoms with E-state index < -0.39 is 0 Å². The van der Waals surface area contributed by atoms with Crippen LogP contribution in [-0.2, 0) is 9.47 Å². The van der Waals surface area contributed by atoms with E-state index in [9.17, 15) is 0 Å². The van der Waals surface area contributed by atoms with Crippen molar-refractivity contribution in [3.8, 4) is 0 Å². The van der Waals surface area contributed by atoms with E-state index in [1.807, 2.05) is 0 Å². The maximum Gasteiger partial charge on any atom is 0.0576 e. The third-order valence-electron chi connectivity index (χ3n) is 3.77.